The van der Waals surface area contributed by atoms with E-state index in [0.29, 0.717) is 0 Å². The topological polar surface area (TPSA) is 34.4 Å². The van der Waals surface area contributed by atoms with Crippen LogP contribution in [0.3, 0.4) is 0 Å². The Morgan fingerprint density at radius 2 is 1.48 bits per heavy atom. The van der Waals surface area contributed by atoms with Crippen molar-refractivity contribution in [3.05, 3.63) is 48.8 Å². The van der Waals surface area contributed by atoms with E-state index in [0.717, 1.165) is 37.6 Å². The van der Waals surface area contributed by atoms with Gasteiger partial charge in [0.2, 0.25) is 0 Å². The number of aromatic nitrogens is 1. The molecule has 4 rings (SSSR count). The van der Waals surface area contributed by atoms with Crippen LogP contribution in [0, 0.1) is 0 Å². The van der Waals surface area contributed by atoms with Crippen LogP contribution < -0.4 is 20.1 Å². The number of nitrogens with one attached hydrogen (secondary N) is 2. The second-order valence-corrected chi connectivity index (χ2v) is 7.26. The molecule has 1 fully saturated rings. The molecule has 1 saturated heterocycles. The molecule has 0 aliphatic carbocycles. The van der Waals surface area contributed by atoms with Crippen LogP contribution in [-0.4, -0.2) is 35.8 Å². The fourth-order valence-corrected chi connectivity index (χ4v) is 3.64. The monoisotopic (exact) mass is 555 g/mol. The summed E-state index contributed by atoms with van der Waals surface area (Å²) < 4.78 is 1.95. The molecule has 2 aliphatic heterocycles. The number of pyridine rings is 1. The van der Waals surface area contributed by atoms with E-state index in [1.54, 1.807) is 0 Å². The van der Waals surface area contributed by atoms with Gasteiger partial charge < -0.3 is 45.7 Å². The van der Waals surface area contributed by atoms with Gasteiger partial charge in [0, 0.05) is 66.4 Å². The Labute approximate surface area is 175 Å². The predicted octanol–water partition coefficient (Wildman–Crippen LogP) is 1.46. The average molecular weight is 555 g/mol. The van der Waals surface area contributed by atoms with Crippen LogP contribution in [0.5, 0.6) is 0 Å². The second kappa shape index (κ2) is 8.24. The number of para-hydroxylation sites is 2. The normalized spacial score (nSPS) is 17.6. The number of rotatable bonds is 3. The number of piperazine rings is 1. The van der Waals surface area contributed by atoms with Gasteiger partial charge in [-0.1, -0.05) is 12.1 Å². The molecule has 0 amide bonds. The van der Waals surface area contributed by atoms with Crippen molar-refractivity contribution in [3.63, 3.8) is 0 Å². The first-order valence-electron chi connectivity index (χ1n) is 8.14. The number of hydrogen-bond donors (Lipinski definition) is 2. The van der Waals surface area contributed by atoms with Crippen molar-refractivity contribution in [3.8, 4) is 0 Å². The van der Waals surface area contributed by atoms with E-state index in [1.165, 1.54) is 5.69 Å². The van der Waals surface area contributed by atoms with Crippen molar-refractivity contribution in [2.75, 3.05) is 41.7 Å². The molecule has 0 unspecified atom stereocenters. The first-order valence-corrected chi connectivity index (χ1v) is 9.08. The molecular weight excluding hydrogens is 535 g/mol. The van der Waals surface area contributed by atoms with Gasteiger partial charge in [-0.3, -0.25) is 0 Å². The minimum absolute atomic E-state index is 0. The summed E-state index contributed by atoms with van der Waals surface area (Å²) in [5.41, 5.74) is 3.52. The van der Waals surface area contributed by atoms with E-state index >= 15 is 0 Å². The fourth-order valence-electron chi connectivity index (χ4n) is 3.22. The van der Waals surface area contributed by atoms with Crippen LogP contribution in [0.25, 0.3) is 0 Å². The third-order valence-corrected chi connectivity index (χ3v) is 5.22. The first-order chi connectivity index (χ1) is 11.7. The first kappa shape index (κ1) is 18.9. The summed E-state index contributed by atoms with van der Waals surface area (Å²) in [7, 11) is 0. The van der Waals surface area contributed by atoms with Gasteiger partial charge >= 0.3 is 6.29 Å². The number of nitrogens with zero attached hydrogens (tertiary/aromatic N) is 3. The van der Waals surface area contributed by atoms with E-state index in [2.05, 4.69) is 61.7 Å². The quantitative estimate of drug-likeness (QED) is 0.340. The van der Waals surface area contributed by atoms with Crippen molar-refractivity contribution in [1.82, 2.24) is 4.90 Å². The molecule has 25 heavy (non-hydrogen) atoms. The number of anilines is 3. The van der Waals surface area contributed by atoms with Crippen LogP contribution in [-0.2, 0) is 47.6 Å². The SMILES string of the molecule is [Au].[S-]C([S-])N1CCN(c2cc[n+](C3Nc4ccccc4N3)cc2)CC1. The zero-order chi connectivity index (χ0) is 16.5. The van der Waals surface area contributed by atoms with Gasteiger partial charge in [0.15, 0.2) is 12.4 Å². The Morgan fingerprint density at radius 3 is 2.00 bits per heavy atom. The molecular formula is C17H20AuN5S2-. The molecule has 2 aromatic rings. The Morgan fingerprint density at radius 1 is 0.920 bits per heavy atom. The smallest absolute Gasteiger partial charge is 0.311 e. The van der Waals surface area contributed by atoms with Gasteiger partial charge in [-0.05, 0) is 12.1 Å². The molecule has 0 saturated carbocycles. The van der Waals surface area contributed by atoms with Gasteiger partial charge in [0.25, 0.3) is 0 Å². The molecule has 3 heterocycles. The van der Waals surface area contributed by atoms with E-state index in [-0.39, 0.29) is 33.4 Å². The van der Waals surface area contributed by atoms with E-state index in [4.69, 9.17) is 25.3 Å². The van der Waals surface area contributed by atoms with Crippen LogP contribution in [0.15, 0.2) is 48.8 Å². The average Bonchev–Trinajstić information content (AvgIpc) is 3.06. The summed E-state index contributed by atoms with van der Waals surface area (Å²) in [5, 5.41) is 6.95. The maximum atomic E-state index is 5.17. The molecule has 2 aliphatic rings. The van der Waals surface area contributed by atoms with Crippen LogP contribution in [0.2, 0.25) is 0 Å². The van der Waals surface area contributed by atoms with Crippen molar-refractivity contribution in [2.45, 2.75) is 11.0 Å². The molecule has 1 aromatic carbocycles. The Kier molecular flexibility index (Phi) is 6.25. The Balaban J connectivity index is 0.00000182. The summed E-state index contributed by atoms with van der Waals surface area (Å²) in [6.45, 7) is 3.82. The molecule has 2 N–H and O–H groups in total. The van der Waals surface area contributed by atoms with E-state index in [1.807, 2.05) is 12.1 Å². The molecule has 0 bridgehead atoms. The van der Waals surface area contributed by atoms with Gasteiger partial charge in [-0.25, -0.2) is 4.71 Å². The third-order valence-electron chi connectivity index (χ3n) is 4.62. The fraction of sp³-hybridized carbons (Fsp3) is 0.353. The summed E-state index contributed by atoms with van der Waals surface area (Å²) in [6.07, 6.45) is 4.28. The molecule has 1 radical (unpaired) electrons. The second-order valence-electron chi connectivity index (χ2n) is 6.07. The van der Waals surface area contributed by atoms with Crippen LogP contribution in [0.4, 0.5) is 17.1 Å². The van der Waals surface area contributed by atoms with Crippen molar-refractivity contribution < 1.29 is 26.9 Å². The zero-order valence-corrected chi connectivity index (χ0v) is 17.4. The number of hydrogen-bond acceptors (Lipinski definition) is 6. The van der Waals surface area contributed by atoms with Gasteiger partial charge in [-0.2, -0.15) is 4.57 Å². The maximum Gasteiger partial charge on any atom is 0.311 e. The summed E-state index contributed by atoms with van der Waals surface area (Å²) in [4.78, 5) is 4.56. The van der Waals surface area contributed by atoms with Gasteiger partial charge in [-0.15, -0.1) is 0 Å². The summed E-state index contributed by atoms with van der Waals surface area (Å²) in [5.74, 6) is 0. The standard InChI is InChI=1S/C17H21N5S2.Au/c23-17(24)22-11-9-20(10-12-22)13-5-7-21(8-6-13)16-18-14-3-1-2-4-15(14)19-16;/h1-8,16-19H,9-12H2,(H-,23,24);/p-1. The van der Waals surface area contributed by atoms with Gasteiger partial charge in [0.05, 0.1) is 11.4 Å². The van der Waals surface area contributed by atoms with Crippen molar-refractivity contribution in [2.24, 2.45) is 0 Å². The van der Waals surface area contributed by atoms with E-state index < -0.39 is 0 Å². The predicted molar refractivity (Wildman–Crippen MR) is 102 cm³/mol. The molecule has 137 valence electrons. The molecule has 1 aromatic heterocycles. The van der Waals surface area contributed by atoms with Crippen LogP contribution in [0.1, 0.15) is 6.29 Å². The minimum atomic E-state index is -0.189. The van der Waals surface area contributed by atoms with Gasteiger partial charge in [0.1, 0.15) is 0 Å². The number of fused-ring (bicyclic) bond motifs is 1. The Hall–Kier alpha value is -0.830. The zero-order valence-electron chi connectivity index (χ0n) is 13.6. The minimum Gasteiger partial charge on any atom is -0.800 e. The molecule has 0 spiro atoms. The third kappa shape index (κ3) is 4.13. The number of benzene rings is 1. The van der Waals surface area contributed by atoms with Crippen LogP contribution >= 0.6 is 0 Å². The summed E-state index contributed by atoms with van der Waals surface area (Å²) >= 11 is 10.3. The summed E-state index contributed by atoms with van der Waals surface area (Å²) in [6, 6.07) is 12.6. The van der Waals surface area contributed by atoms with E-state index in [9.17, 15) is 0 Å². The maximum absolute atomic E-state index is 5.17. The molecule has 8 heteroatoms. The Bertz CT molecular complexity index is 679. The van der Waals surface area contributed by atoms with Crippen molar-refractivity contribution >= 4 is 42.3 Å². The molecule has 0 atom stereocenters. The van der Waals surface area contributed by atoms with Crippen molar-refractivity contribution in [1.29, 1.82) is 0 Å². The largest absolute Gasteiger partial charge is 0.800 e. The molecule has 5 nitrogen and oxygen atoms in total.